The number of aliphatic hydroxyl groups is 1. The van der Waals surface area contributed by atoms with Gasteiger partial charge in [-0.2, -0.15) is 5.10 Å². The number of aromatic nitrogens is 2. The van der Waals surface area contributed by atoms with Crippen LogP contribution < -0.4 is 10.1 Å². The van der Waals surface area contributed by atoms with Crippen molar-refractivity contribution in [2.45, 2.75) is 46.3 Å². The molecule has 2 aromatic carbocycles. The summed E-state index contributed by atoms with van der Waals surface area (Å²) in [6.45, 7) is 7.67. The van der Waals surface area contributed by atoms with E-state index < -0.39 is 24.0 Å². The average molecular weight is 466 g/mol. The molecule has 0 bridgehead atoms. The van der Waals surface area contributed by atoms with Crippen LogP contribution in [0.25, 0.3) is 5.69 Å². The van der Waals surface area contributed by atoms with Gasteiger partial charge in [0.2, 0.25) is 5.88 Å². The molecule has 180 valence electrons. The molecule has 1 amide bonds. The number of carboxylic acid groups (broad SMARTS) is 1. The van der Waals surface area contributed by atoms with Crippen LogP contribution in [0.2, 0.25) is 0 Å². The van der Waals surface area contributed by atoms with Gasteiger partial charge in [0.15, 0.2) is 5.69 Å². The molecule has 8 nitrogen and oxygen atoms in total. The molecule has 0 radical (unpaired) electrons. The van der Waals surface area contributed by atoms with Gasteiger partial charge in [0.05, 0.1) is 24.3 Å². The fourth-order valence-electron chi connectivity index (χ4n) is 3.20. The highest BCUT2D eigenvalue weighted by Gasteiger charge is 2.25. The van der Waals surface area contributed by atoms with Gasteiger partial charge >= 0.3 is 5.97 Å². The van der Waals surface area contributed by atoms with E-state index in [-0.39, 0.29) is 24.1 Å². The summed E-state index contributed by atoms with van der Waals surface area (Å²) in [5, 5.41) is 26.9. The predicted octanol–water partition coefficient (Wildman–Crippen LogP) is 3.91. The van der Waals surface area contributed by atoms with Gasteiger partial charge in [0, 0.05) is 6.07 Å². The van der Waals surface area contributed by atoms with Crippen molar-refractivity contribution in [1.82, 2.24) is 15.1 Å². The number of aryl methyl sites for hydroxylation is 1. The third-order valence-electron chi connectivity index (χ3n) is 5.46. The molecule has 0 saturated carbocycles. The molecule has 3 aromatic rings. The number of hydrogen-bond acceptors (Lipinski definition) is 5. The SMILES string of the molecule is Cc1ccc([C@H](CC(=O)O)NC(=O)c2cc(OC[C@H](O)C(C)(C)C)n(-c3ccccc3)n2)cc1. The molecule has 2 atom stereocenters. The van der Waals surface area contributed by atoms with Crippen LogP contribution in [0.3, 0.4) is 0 Å². The molecule has 3 N–H and O–H groups in total. The number of carbonyl (C=O) groups is 2. The van der Waals surface area contributed by atoms with Crippen molar-refractivity contribution in [2.75, 3.05) is 6.61 Å². The standard InChI is InChI=1S/C26H31N3O5/c1-17-10-12-18(13-11-17)20(15-24(31)32)27-25(33)21-14-23(34-16-22(30)26(2,3)4)29(28-21)19-8-6-5-7-9-19/h5-14,20,22,30H,15-16H2,1-4H3,(H,27,33)(H,31,32)/t20-,22-/m0/s1. The largest absolute Gasteiger partial charge is 0.481 e. The highest BCUT2D eigenvalue weighted by molar-refractivity contribution is 5.93. The van der Waals surface area contributed by atoms with Gasteiger partial charge in [-0.25, -0.2) is 4.68 Å². The molecule has 0 spiro atoms. The fourth-order valence-corrected chi connectivity index (χ4v) is 3.20. The summed E-state index contributed by atoms with van der Waals surface area (Å²) in [6, 6.07) is 17.3. The van der Waals surface area contributed by atoms with Gasteiger partial charge in [-0.3, -0.25) is 9.59 Å². The Balaban J connectivity index is 1.88. The lowest BCUT2D eigenvalue weighted by molar-refractivity contribution is -0.137. The molecule has 8 heteroatoms. The first-order valence-electron chi connectivity index (χ1n) is 11.1. The third kappa shape index (κ3) is 6.45. The Hall–Kier alpha value is -3.65. The fraction of sp³-hybridized carbons (Fsp3) is 0.346. The number of nitrogens with zero attached hydrogens (tertiary/aromatic N) is 2. The van der Waals surface area contributed by atoms with E-state index in [4.69, 9.17) is 4.74 Å². The van der Waals surface area contributed by atoms with Gasteiger partial charge in [0.1, 0.15) is 6.61 Å². The van der Waals surface area contributed by atoms with Crippen molar-refractivity contribution in [3.8, 4) is 11.6 Å². The van der Waals surface area contributed by atoms with Crippen molar-refractivity contribution in [3.05, 3.63) is 77.5 Å². The molecule has 0 fully saturated rings. The molecule has 34 heavy (non-hydrogen) atoms. The van der Waals surface area contributed by atoms with E-state index in [0.29, 0.717) is 17.1 Å². The highest BCUT2D eigenvalue weighted by Crippen LogP contribution is 2.24. The van der Waals surface area contributed by atoms with Crippen LogP contribution in [0.5, 0.6) is 5.88 Å². The van der Waals surface area contributed by atoms with Crippen LogP contribution in [-0.2, 0) is 4.79 Å². The molecular weight excluding hydrogens is 434 g/mol. The summed E-state index contributed by atoms with van der Waals surface area (Å²) in [5.74, 6) is -1.26. The zero-order chi connectivity index (χ0) is 24.9. The minimum absolute atomic E-state index is 0.0219. The number of carboxylic acids is 1. The molecule has 1 heterocycles. The Kier molecular flexibility index (Phi) is 7.73. The van der Waals surface area contributed by atoms with Gasteiger partial charge in [-0.05, 0) is 30.0 Å². The van der Waals surface area contributed by atoms with E-state index in [1.165, 1.54) is 10.7 Å². The number of hydrogen-bond donors (Lipinski definition) is 3. The Labute approximate surface area is 199 Å². The first-order chi connectivity index (χ1) is 16.0. The Bertz CT molecular complexity index is 1120. The number of para-hydroxylation sites is 1. The lowest BCUT2D eigenvalue weighted by atomic mass is 9.90. The first kappa shape index (κ1) is 25.0. The normalized spacial score (nSPS) is 13.2. The zero-order valence-corrected chi connectivity index (χ0v) is 19.9. The summed E-state index contributed by atoms with van der Waals surface area (Å²) >= 11 is 0. The lowest BCUT2D eigenvalue weighted by Gasteiger charge is -2.25. The number of nitrogens with one attached hydrogen (secondary N) is 1. The van der Waals surface area contributed by atoms with Gasteiger partial charge in [0.25, 0.3) is 5.91 Å². The van der Waals surface area contributed by atoms with Crippen LogP contribution in [0.15, 0.2) is 60.7 Å². The third-order valence-corrected chi connectivity index (χ3v) is 5.46. The van der Waals surface area contributed by atoms with Gasteiger partial charge in [-0.1, -0.05) is 68.8 Å². The van der Waals surface area contributed by atoms with Crippen LogP contribution in [-0.4, -0.2) is 44.6 Å². The van der Waals surface area contributed by atoms with E-state index in [9.17, 15) is 19.8 Å². The summed E-state index contributed by atoms with van der Waals surface area (Å²) in [4.78, 5) is 24.5. The van der Waals surface area contributed by atoms with Crippen molar-refractivity contribution in [3.63, 3.8) is 0 Å². The number of benzene rings is 2. The maximum atomic E-state index is 13.1. The summed E-state index contributed by atoms with van der Waals surface area (Å²) in [6.07, 6.45) is -1.000. The number of carbonyl (C=O) groups excluding carboxylic acids is 1. The summed E-state index contributed by atoms with van der Waals surface area (Å²) in [7, 11) is 0. The van der Waals surface area contributed by atoms with Crippen molar-refractivity contribution < 1.29 is 24.5 Å². The van der Waals surface area contributed by atoms with Crippen molar-refractivity contribution in [1.29, 1.82) is 0 Å². The van der Waals surface area contributed by atoms with Crippen LogP contribution in [0.4, 0.5) is 0 Å². The van der Waals surface area contributed by atoms with E-state index >= 15 is 0 Å². The van der Waals surface area contributed by atoms with Crippen LogP contribution in [0, 0.1) is 12.3 Å². The van der Waals surface area contributed by atoms with Gasteiger partial charge < -0.3 is 20.3 Å². The molecule has 0 unspecified atom stereocenters. The van der Waals surface area contributed by atoms with Crippen molar-refractivity contribution >= 4 is 11.9 Å². The van der Waals surface area contributed by atoms with E-state index in [1.54, 1.807) is 12.1 Å². The van der Waals surface area contributed by atoms with E-state index in [1.807, 2.05) is 70.2 Å². The molecule has 0 aliphatic carbocycles. The quantitative estimate of drug-likeness (QED) is 0.442. The maximum Gasteiger partial charge on any atom is 0.305 e. The maximum absolute atomic E-state index is 13.1. The Morgan fingerprint density at radius 1 is 1.09 bits per heavy atom. The zero-order valence-electron chi connectivity index (χ0n) is 19.9. The minimum Gasteiger partial charge on any atom is -0.481 e. The number of aliphatic carboxylic acids is 1. The molecule has 0 saturated heterocycles. The molecule has 3 rings (SSSR count). The number of rotatable bonds is 9. The average Bonchev–Trinajstić information content (AvgIpc) is 3.21. The summed E-state index contributed by atoms with van der Waals surface area (Å²) in [5.41, 5.74) is 2.10. The van der Waals surface area contributed by atoms with Crippen molar-refractivity contribution in [2.24, 2.45) is 5.41 Å². The second-order valence-electron chi connectivity index (χ2n) is 9.34. The predicted molar refractivity (Wildman–Crippen MR) is 128 cm³/mol. The Morgan fingerprint density at radius 2 is 1.74 bits per heavy atom. The van der Waals surface area contributed by atoms with Crippen LogP contribution >= 0.6 is 0 Å². The smallest absolute Gasteiger partial charge is 0.305 e. The molecule has 1 aromatic heterocycles. The topological polar surface area (TPSA) is 114 Å². The van der Waals surface area contributed by atoms with Crippen LogP contribution in [0.1, 0.15) is 54.8 Å². The molecular formula is C26H31N3O5. The second-order valence-corrected chi connectivity index (χ2v) is 9.34. The molecule has 0 aliphatic heterocycles. The summed E-state index contributed by atoms with van der Waals surface area (Å²) < 4.78 is 7.34. The van der Waals surface area contributed by atoms with E-state index in [0.717, 1.165) is 5.56 Å². The molecule has 0 aliphatic rings. The van der Waals surface area contributed by atoms with E-state index in [2.05, 4.69) is 10.4 Å². The monoisotopic (exact) mass is 465 g/mol. The number of aliphatic hydroxyl groups excluding tert-OH is 1. The Morgan fingerprint density at radius 3 is 2.32 bits per heavy atom. The second kappa shape index (κ2) is 10.5. The number of ether oxygens (including phenoxy) is 1. The van der Waals surface area contributed by atoms with Gasteiger partial charge in [-0.15, -0.1) is 0 Å². The first-order valence-corrected chi connectivity index (χ1v) is 11.1. The highest BCUT2D eigenvalue weighted by atomic mass is 16.5. The minimum atomic E-state index is -1.03. The lowest BCUT2D eigenvalue weighted by Crippen LogP contribution is -2.32. The number of amides is 1.